The zero-order chi connectivity index (χ0) is 23.6. The molecule has 0 bridgehead atoms. The lowest BCUT2D eigenvalue weighted by Gasteiger charge is -2.12. The number of anilines is 2. The first-order valence-corrected chi connectivity index (χ1v) is 12.5. The molecule has 0 unspecified atom stereocenters. The lowest BCUT2D eigenvalue weighted by Crippen LogP contribution is -2.19. The molecule has 0 spiro atoms. The van der Waals surface area contributed by atoms with E-state index < -0.39 is 15.9 Å². The van der Waals surface area contributed by atoms with Crippen molar-refractivity contribution in [1.29, 1.82) is 0 Å². The van der Waals surface area contributed by atoms with Crippen molar-refractivity contribution in [3.8, 4) is 11.3 Å². The number of hydrogen-bond acceptors (Lipinski definition) is 6. The third-order valence-electron chi connectivity index (χ3n) is 5.17. The summed E-state index contributed by atoms with van der Waals surface area (Å²) in [7, 11) is -3.88. The van der Waals surface area contributed by atoms with Crippen LogP contribution in [0.15, 0.2) is 71.2 Å². The highest BCUT2D eigenvalue weighted by molar-refractivity contribution is 7.92. The van der Waals surface area contributed by atoms with Gasteiger partial charge in [-0.15, -0.1) is 11.3 Å². The van der Waals surface area contributed by atoms with Crippen LogP contribution in [0.3, 0.4) is 0 Å². The van der Waals surface area contributed by atoms with Crippen molar-refractivity contribution >= 4 is 38.1 Å². The monoisotopic (exact) mass is 478 g/mol. The maximum atomic E-state index is 12.9. The Morgan fingerprint density at radius 2 is 1.73 bits per heavy atom. The molecule has 2 aromatic carbocycles. The second kappa shape index (κ2) is 9.13. The van der Waals surface area contributed by atoms with Gasteiger partial charge in [-0.25, -0.2) is 13.4 Å². The molecule has 1 amide bonds. The van der Waals surface area contributed by atoms with Crippen molar-refractivity contribution in [1.82, 2.24) is 9.97 Å². The summed E-state index contributed by atoms with van der Waals surface area (Å²) in [6.45, 7) is 5.96. The zero-order valence-electron chi connectivity index (χ0n) is 18.3. The number of carbonyl (C=O) groups excluding carboxylic acids is 1. The number of aryl methyl sites for hydroxylation is 3. The number of nitrogens with one attached hydrogen (secondary N) is 2. The van der Waals surface area contributed by atoms with Crippen LogP contribution >= 0.6 is 11.3 Å². The van der Waals surface area contributed by atoms with Gasteiger partial charge in [0.05, 0.1) is 28.0 Å². The number of pyridine rings is 1. The molecule has 2 N–H and O–H groups in total. The number of aromatic nitrogens is 2. The van der Waals surface area contributed by atoms with Crippen molar-refractivity contribution in [3.05, 3.63) is 88.6 Å². The fraction of sp³-hybridized carbons (Fsp3) is 0.125. The van der Waals surface area contributed by atoms with Crippen LogP contribution < -0.4 is 10.0 Å². The number of sulfonamides is 1. The number of rotatable bonds is 6. The van der Waals surface area contributed by atoms with Crippen LogP contribution in [0.5, 0.6) is 0 Å². The normalized spacial score (nSPS) is 11.2. The molecule has 4 rings (SSSR count). The van der Waals surface area contributed by atoms with E-state index in [9.17, 15) is 13.2 Å². The Hall–Kier alpha value is -3.56. The maximum absolute atomic E-state index is 12.9. The molecule has 0 aliphatic carbocycles. The van der Waals surface area contributed by atoms with E-state index in [0.717, 1.165) is 22.4 Å². The van der Waals surface area contributed by atoms with Crippen molar-refractivity contribution < 1.29 is 13.2 Å². The lowest BCUT2D eigenvalue weighted by molar-refractivity contribution is 0.102. The van der Waals surface area contributed by atoms with E-state index in [1.807, 2.05) is 38.3 Å². The van der Waals surface area contributed by atoms with Crippen LogP contribution in [0.2, 0.25) is 0 Å². The van der Waals surface area contributed by atoms with Gasteiger partial charge in [0.2, 0.25) is 0 Å². The summed E-state index contributed by atoms with van der Waals surface area (Å²) < 4.78 is 28.0. The summed E-state index contributed by atoms with van der Waals surface area (Å²) >= 11 is 1.30. The van der Waals surface area contributed by atoms with E-state index in [4.69, 9.17) is 0 Å². The van der Waals surface area contributed by atoms with E-state index in [-0.39, 0.29) is 16.1 Å². The molecule has 33 heavy (non-hydrogen) atoms. The second-order valence-corrected chi connectivity index (χ2v) is 10.2. The summed E-state index contributed by atoms with van der Waals surface area (Å²) in [5, 5.41) is 5.04. The molecule has 0 atom stereocenters. The van der Waals surface area contributed by atoms with Crippen LogP contribution in [0.1, 0.15) is 27.0 Å². The summed E-state index contributed by atoms with van der Waals surface area (Å²) in [5.74, 6) is -0.486. The Morgan fingerprint density at radius 3 is 2.45 bits per heavy atom. The van der Waals surface area contributed by atoms with Crippen LogP contribution in [0.25, 0.3) is 11.3 Å². The van der Waals surface area contributed by atoms with Gasteiger partial charge in [-0.3, -0.25) is 19.8 Å². The first kappa shape index (κ1) is 22.6. The predicted molar refractivity (Wildman–Crippen MR) is 131 cm³/mol. The van der Waals surface area contributed by atoms with E-state index in [1.165, 1.54) is 47.5 Å². The number of carbonyl (C=O) groups is 1. The van der Waals surface area contributed by atoms with Gasteiger partial charge in [-0.2, -0.15) is 0 Å². The van der Waals surface area contributed by atoms with Gasteiger partial charge in [-0.05, 0) is 56.2 Å². The number of nitrogens with zero attached hydrogens (tertiary/aromatic N) is 2. The van der Waals surface area contributed by atoms with Crippen molar-refractivity contribution in [2.24, 2.45) is 0 Å². The van der Waals surface area contributed by atoms with Crippen LogP contribution in [0.4, 0.5) is 10.8 Å². The fourth-order valence-corrected chi connectivity index (χ4v) is 4.90. The summed E-state index contributed by atoms with van der Waals surface area (Å²) in [5.41, 5.74) is 5.25. The van der Waals surface area contributed by atoms with Gasteiger partial charge < -0.3 is 0 Å². The molecule has 4 aromatic rings. The maximum Gasteiger partial charge on any atom is 0.261 e. The molecule has 0 saturated carbocycles. The highest BCUT2D eigenvalue weighted by Crippen LogP contribution is 2.27. The molecular formula is C24H22N4O3S2. The summed E-state index contributed by atoms with van der Waals surface area (Å²) in [6, 6.07) is 14.0. The van der Waals surface area contributed by atoms with E-state index >= 15 is 0 Å². The molecule has 2 aromatic heterocycles. The number of benzene rings is 2. The molecule has 7 nitrogen and oxygen atoms in total. The average molecular weight is 479 g/mol. The quantitative estimate of drug-likeness (QED) is 0.397. The van der Waals surface area contributed by atoms with Crippen LogP contribution in [-0.2, 0) is 10.0 Å². The van der Waals surface area contributed by atoms with Gasteiger partial charge in [0.1, 0.15) is 0 Å². The number of thiazole rings is 1. The number of amides is 1. The number of hydrogen-bond donors (Lipinski definition) is 2. The SMILES string of the molecule is Cc1ccc(S(=O)(=O)Nc2cnccc2C(=O)Nc2nc(-c3ccc(C)c(C)c3)cs2)cc1. The first-order chi connectivity index (χ1) is 15.7. The second-order valence-electron chi connectivity index (χ2n) is 7.63. The largest absolute Gasteiger partial charge is 0.298 e. The molecule has 0 aliphatic heterocycles. The Balaban J connectivity index is 1.55. The molecule has 9 heteroatoms. The average Bonchev–Trinajstić information content (AvgIpc) is 3.24. The molecular weight excluding hydrogens is 456 g/mol. The Morgan fingerprint density at radius 1 is 0.970 bits per heavy atom. The predicted octanol–water partition coefficient (Wildman–Crippen LogP) is 5.18. The van der Waals surface area contributed by atoms with Crippen molar-refractivity contribution in [2.75, 3.05) is 10.0 Å². The van der Waals surface area contributed by atoms with E-state index in [0.29, 0.717) is 5.13 Å². The third-order valence-corrected chi connectivity index (χ3v) is 7.31. The van der Waals surface area contributed by atoms with E-state index in [2.05, 4.69) is 26.1 Å². The smallest absolute Gasteiger partial charge is 0.261 e. The molecule has 0 aliphatic rings. The Kier molecular flexibility index (Phi) is 6.26. The standard InChI is InChI=1S/C24H22N4O3S2/c1-15-4-8-19(9-5-15)33(30,31)28-21-13-25-11-10-20(21)23(29)27-24-26-22(14-32-24)18-7-6-16(2)17(3)12-18/h4-14,28H,1-3H3,(H,26,27,29). The molecule has 0 radical (unpaired) electrons. The topological polar surface area (TPSA) is 101 Å². The Labute approximate surface area is 196 Å². The Bertz CT molecular complexity index is 1430. The molecule has 0 fully saturated rings. The van der Waals surface area contributed by atoms with Gasteiger partial charge >= 0.3 is 0 Å². The molecule has 0 saturated heterocycles. The zero-order valence-corrected chi connectivity index (χ0v) is 19.9. The highest BCUT2D eigenvalue weighted by Gasteiger charge is 2.20. The molecule has 2 heterocycles. The molecule has 168 valence electrons. The van der Waals surface area contributed by atoms with Gasteiger partial charge in [0.25, 0.3) is 15.9 Å². The van der Waals surface area contributed by atoms with E-state index in [1.54, 1.807) is 12.1 Å². The van der Waals surface area contributed by atoms with Gasteiger partial charge in [0.15, 0.2) is 5.13 Å². The van der Waals surface area contributed by atoms with Crippen LogP contribution in [0, 0.1) is 20.8 Å². The fourth-order valence-electron chi connectivity index (χ4n) is 3.12. The lowest BCUT2D eigenvalue weighted by atomic mass is 10.1. The van der Waals surface area contributed by atoms with Gasteiger partial charge in [-0.1, -0.05) is 29.8 Å². The third kappa shape index (κ3) is 5.10. The van der Waals surface area contributed by atoms with Crippen molar-refractivity contribution in [3.63, 3.8) is 0 Å². The first-order valence-electron chi connectivity index (χ1n) is 10.1. The van der Waals surface area contributed by atoms with Crippen LogP contribution in [-0.4, -0.2) is 24.3 Å². The summed E-state index contributed by atoms with van der Waals surface area (Å²) in [4.78, 5) is 21.5. The summed E-state index contributed by atoms with van der Waals surface area (Å²) in [6.07, 6.45) is 2.74. The minimum absolute atomic E-state index is 0.0847. The minimum atomic E-state index is -3.88. The van der Waals surface area contributed by atoms with Gasteiger partial charge in [0, 0.05) is 17.1 Å². The highest BCUT2D eigenvalue weighted by atomic mass is 32.2. The minimum Gasteiger partial charge on any atom is -0.298 e. The van der Waals surface area contributed by atoms with Crippen molar-refractivity contribution in [2.45, 2.75) is 25.7 Å².